The van der Waals surface area contributed by atoms with Gasteiger partial charge in [-0.15, -0.1) is 0 Å². The molecule has 2 saturated carbocycles. The summed E-state index contributed by atoms with van der Waals surface area (Å²) in [6.07, 6.45) is 5.60. The van der Waals surface area contributed by atoms with Crippen molar-refractivity contribution in [3.05, 3.63) is 10.5 Å². The van der Waals surface area contributed by atoms with Crippen LogP contribution in [-0.4, -0.2) is 19.3 Å². The van der Waals surface area contributed by atoms with Crippen molar-refractivity contribution in [2.45, 2.75) is 39.2 Å². The molecule has 2 aliphatic carbocycles. The molecule has 5 heteroatoms. The first-order valence-electron chi connectivity index (χ1n) is 6.73. The maximum atomic E-state index is 5.49. The van der Waals surface area contributed by atoms with Gasteiger partial charge in [0.2, 0.25) is 0 Å². The Morgan fingerprint density at radius 3 is 2.78 bits per heavy atom. The molecular weight excluding hydrogens is 244 g/mol. The highest BCUT2D eigenvalue weighted by Gasteiger charge is 2.54. The lowest BCUT2D eigenvalue weighted by molar-refractivity contribution is 0.370. The third-order valence-electron chi connectivity index (χ3n) is 4.73. The van der Waals surface area contributed by atoms with Gasteiger partial charge in [0.1, 0.15) is 5.52 Å². The largest absolute Gasteiger partial charge is 0.328 e. The molecule has 0 radical (unpaired) electrons. The number of aromatic nitrogens is 4. The van der Waals surface area contributed by atoms with Crippen molar-refractivity contribution < 1.29 is 0 Å². The molecule has 0 aromatic carbocycles. The van der Waals surface area contributed by atoms with Crippen LogP contribution in [0.4, 0.5) is 0 Å². The molecule has 0 saturated heterocycles. The van der Waals surface area contributed by atoms with Crippen LogP contribution < -0.4 is 0 Å². The maximum absolute atomic E-state index is 5.49. The van der Waals surface area contributed by atoms with Gasteiger partial charge in [-0.1, -0.05) is 0 Å². The van der Waals surface area contributed by atoms with Gasteiger partial charge in [0, 0.05) is 13.6 Å². The summed E-state index contributed by atoms with van der Waals surface area (Å²) < 4.78 is 5.09. The number of rotatable bonds is 3. The second-order valence-corrected chi connectivity index (χ2v) is 6.45. The molecule has 2 fully saturated rings. The molecule has 0 unspecified atom stereocenters. The second-order valence-electron chi connectivity index (χ2n) is 6.06. The molecule has 4 rings (SSSR count). The van der Waals surface area contributed by atoms with Crippen LogP contribution in [0, 0.1) is 23.0 Å². The monoisotopic (exact) mass is 262 g/mol. The molecule has 18 heavy (non-hydrogen) atoms. The Kier molecular flexibility index (Phi) is 1.95. The van der Waals surface area contributed by atoms with Gasteiger partial charge < -0.3 is 9.55 Å². The van der Waals surface area contributed by atoms with Crippen molar-refractivity contribution in [1.82, 2.24) is 19.3 Å². The predicted octanol–water partition coefficient (Wildman–Crippen LogP) is 2.93. The topological polar surface area (TPSA) is 38.5 Å². The number of imidazole rings is 1. The summed E-state index contributed by atoms with van der Waals surface area (Å²) >= 11 is 5.49. The van der Waals surface area contributed by atoms with E-state index in [2.05, 4.69) is 14.6 Å². The number of nitrogens with zero attached hydrogens (tertiary/aromatic N) is 3. The molecule has 0 aliphatic heterocycles. The highest BCUT2D eigenvalue weighted by molar-refractivity contribution is 7.71. The van der Waals surface area contributed by atoms with Crippen LogP contribution in [-0.2, 0) is 13.6 Å². The highest BCUT2D eigenvalue weighted by Crippen LogP contribution is 2.62. The fourth-order valence-electron chi connectivity index (χ4n) is 3.39. The summed E-state index contributed by atoms with van der Waals surface area (Å²) in [5.74, 6) is 0.957. The second kappa shape index (κ2) is 3.26. The lowest BCUT2D eigenvalue weighted by Gasteiger charge is -2.15. The number of H-pyrrole nitrogens is 1. The highest BCUT2D eigenvalue weighted by atomic mass is 32.1. The lowest BCUT2D eigenvalue weighted by Crippen LogP contribution is -2.15. The maximum Gasteiger partial charge on any atom is 0.179 e. The molecule has 0 spiro atoms. The molecule has 0 atom stereocenters. The average molecular weight is 262 g/mol. The molecular formula is C13H18N4S. The van der Waals surface area contributed by atoms with Crippen molar-refractivity contribution >= 4 is 23.4 Å². The molecule has 0 amide bonds. The SMILES string of the molecule is Cc1nn(C)c2c1[nH]c(=S)n2CC1(C2CC2)CC1. The van der Waals surface area contributed by atoms with E-state index in [0.29, 0.717) is 5.41 Å². The van der Waals surface area contributed by atoms with Crippen LogP contribution in [0.2, 0.25) is 0 Å². The molecule has 2 aromatic heterocycles. The van der Waals surface area contributed by atoms with Gasteiger partial charge in [0.25, 0.3) is 0 Å². The minimum Gasteiger partial charge on any atom is -0.328 e. The standard InChI is InChI=1S/C13H18N4S/c1-8-10-11(16(2)15-8)17(12(18)14-10)7-13(5-6-13)9-3-4-9/h9H,3-7H2,1-2H3,(H,14,18). The van der Waals surface area contributed by atoms with Crippen molar-refractivity contribution in [2.75, 3.05) is 0 Å². The van der Waals surface area contributed by atoms with Gasteiger partial charge in [0.05, 0.1) is 5.69 Å². The minimum atomic E-state index is 0.561. The summed E-state index contributed by atoms with van der Waals surface area (Å²) in [6.45, 7) is 3.11. The van der Waals surface area contributed by atoms with E-state index in [1.165, 1.54) is 25.7 Å². The van der Waals surface area contributed by atoms with Crippen LogP contribution in [0.5, 0.6) is 0 Å². The van der Waals surface area contributed by atoms with Crippen molar-refractivity contribution in [3.63, 3.8) is 0 Å². The van der Waals surface area contributed by atoms with Gasteiger partial charge in [-0.05, 0) is 56.2 Å². The molecule has 96 valence electrons. The molecule has 4 nitrogen and oxygen atoms in total. The summed E-state index contributed by atoms with van der Waals surface area (Å²) in [6, 6.07) is 0. The van der Waals surface area contributed by atoms with Crippen LogP contribution >= 0.6 is 12.2 Å². The molecule has 0 bridgehead atoms. The molecule has 2 heterocycles. The number of nitrogens with one attached hydrogen (secondary N) is 1. The summed E-state index contributed by atoms with van der Waals surface area (Å²) in [4.78, 5) is 3.32. The quantitative estimate of drug-likeness (QED) is 0.864. The zero-order valence-electron chi connectivity index (χ0n) is 10.9. The van der Waals surface area contributed by atoms with Crippen LogP contribution in [0.3, 0.4) is 0 Å². The number of hydrogen-bond donors (Lipinski definition) is 1. The van der Waals surface area contributed by atoms with Crippen molar-refractivity contribution in [2.24, 2.45) is 18.4 Å². The number of fused-ring (bicyclic) bond motifs is 1. The summed E-state index contributed by atoms with van der Waals surface area (Å²) in [5.41, 5.74) is 3.86. The third kappa shape index (κ3) is 1.37. The van der Waals surface area contributed by atoms with E-state index in [-0.39, 0.29) is 0 Å². The first kappa shape index (κ1) is 10.8. The van der Waals surface area contributed by atoms with Crippen molar-refractivity contribution in [3.8, 4) is 0 Å². The Morgan fingerprint density at radius 1 is 1.44 bits per heavy atom. The third-order valence-corrected chi connectivity index (χ3v) is 5.06. The zero-order valence-corrected chi connectivity index (χ0v) is 11.7. The fourth-order valence-corrected chi connectivity index (χ4v) is 3.64. The van der Waals surface area contributed by atoms with E-state index < -0.39 is 0 Å². The van der Waals surface area contributed by atoms with Crippen LogP contribution in [0.1, 0.15) is 31.4 Å². The Hall–Kier alpha value is -1.10. The first-order valence-corrected chi connectivity index (χ1v) is 7.14. The Morgan fingerprint density at radius 2 is 2.17 bits per heavy atom. The van der Waals surface area contributed by atoms with E-state index >= 15 is 0 Å². The van der Waals surface area contributed by atoms with E-state index in [1.54, 1.807) is 0 Å². The van der Waals surface area contributed by atoms with Crippen LogP contribution in [0.15, 0.2) is 0 Å². The summed E-state index contributed by atoms with van der Waals surface area (Å²) in [5, 5.41) is 4.48. The molecule has 2 aromatic rings. The fraction of sp³-hybridized carbons (Fsp3) is 0.692. The summed E-state index contributed by atoms with van der Waals surface area (Å²) in [7, 11) is 2.01. The van der Waals surface area contributed by atoms with Gasteiger partial charge >= 0.3 is 0 Å². The first-order chi connectivity index (χ1) is 8.61. The normalized spacial score (nSPS) is 21.7. The van der Waals surface area contributed by atoms with Gasteiger partial charge in [-0.25, -0.2) is 0 Å². The zero-order chi connectivity index (χ0) is 12.5. The molecule has 2 aliphatic rings. The number of hydrogen-bond acceptors (Lipinski definition) is 2. The Bertz CT molecular complexity index is 682. The minimum absolute atomic E-state index is 0.561. The number of aryl methyl sites for hydroxylation is 2. The van der Waals surface area contributed by atoms with E-state index in [1.807, 2.05) is 18.7 Å². The average Bonchev–Trinajstić information content (AvgIpc) is 3.19. The van der Waals surface area contributed by atoms with Crippen molar-refractivity contribution in [1.29, 1.82) is 0 Å². The van der Waals surface area contributed by atoms with E-state index in [0.717, 1.165) is 34.1 Å². The molecule has 1 N–H and O–H groups in total. The Labute approximate surface area is 111 Å². The van der Waals surface area contributed by atoms with Gasteiger partial charge in [0.15, 0.2) is 10.4 Å². The van der Waals surface area contributed by atoms with E-state index in [4.69, 9.17) is 12.2 Å². The van der Waals surface area contributed by atoms with Gasteiger partial charge in [-0.2, -0.15) is 5.10 Å². The van der Waals surface area contributed by atoms with Gasteiger partial charge in [-0.3, -0.25) is 4.68 Å². The van der Waals surface area contributed by atoms with Crippen LogP contribution in [0.25, 0.3) is 11.2 Å². The number of aromatic amines is 1. The Balaban J connectivity index is 1.84. The lowest BCUT2D eigenvalue weighted by atomic mass is 10.0. The smallest absolute Gasteiger partial charge is 0.179 e. The predicted molar refractivity (Wildman–Crippen MR) is 73.0 cm³/mol. The van der Waals surface area contributed by atoms with E-state index in [9.17, 15) is 0 Å².